The van der Waals surface area contributed by atoms with E-state index in [-0.39, 0.29) is 18.0 Å². The van der Waals surface area contributed by atoms with Crippen molar-refractivity contribution in [2.24, 2.45) is 0 Å². The molecule has 0 unspecified atom stereocenters. The molecule has 1 aromatic heterocycles. The topological polar surface area (TPSA) is 82.6 Å². The van der Waals surface area contributed by atoms with E-state index in [0.717, 1.165) is 18.3 Å². The van der Waals surface area contributed by atoms with Crippen LogP contribution in [0.4, 0.5) is 24.5 Å². The van der Waals surface area contributed by atoms with E-state index in [9.17, 15) is 26.4 Å². The molecule has 0 atom stereocenters. The highest BCUT2D eigenvalue weighted by atomic mass is 32.2. The molecule has 1 aromatic carbocycles. The molecule has 7 nitrogen and oxygen atoms in total. The number of carbonyl (C=O) groups excluding carboxylic acids is 1. The van der Waals surface area contributed by atoms with E-state index in [2.05, 4.69) is 16.9 Å². The van der Waals surface area contributed by atoms with Crippen molar-refractivity contribution in [1.82, 2.24) is 9.29 Å². The minimum absolute atomic E-state index is 0.0868. The standard InChI is InChI=1S/C19H19F3N4O3S/c1-2-18(27)24-14-3-6-16(7-4-14)30(28,29)26-11-9-25(10-12-26)15-5-8-17(23-13-15)19(20,21)22/h2-8,13H,1,9-12H2,(H,24,27). The first-order valence-electron chi connectivity index (χ1n) is 8.93. The number of carbonyl (C=O) groups is 1. The number of rotatable bonds is 5. The minimum Gasteiger partial charge on any atom is -0.368 e. The highest BCUT2D eigenvalue weighted by molar-refractivity contribution is 7.89. The Bertz CT molecular complexity index is 1010. The smallest absolute Gasteiger partial charge is 0.368 e. The first kappa shape index (κ1) is 21.8. The molecule has 1 aliphatic rings. The first-order chi connectivity index (χ1) is 14.1. The van der Waals surface area contributed by atoms with Gasteiger partial charge in [-0.25, -0.2) is 13.4 Å². The summed E-state index contributed by atoms with van der Waals surface area (Å²) in [6, 6.07) is 8.01. The molecule has 0 aliphatic carbocycles. The van der Waals surface area contributed by atoms with E-state index in [1.807, 2.05) is 0 Å². The molecule has 0 bridgehead atoms. The summed E-state index contributed by atoms with van der Waals surface area (Å²) >= 11 is 0. The number of anilines is 2. The van der Waals surface area contributed by atoms with Crippen LogP contribution >= 0.6 is 0 Å². The number of pyridine rings is 1. The third-order valence-corrected chi connectivity index (χ3v) is 6.50. The van der Waals surface area contributed by atoms with Crippen LogP contribution in [0.1, 0.15) is 5.69 Å². The Morgan fingerprint density at radius 2 is 1.70 bits per heavy atom. The molecule has 1 fully saturated rings. The van der Waals surface area contributed by atoms with Crippen molar-refractivity contribution in [3.8, 4) is 0 Å². The monoisotopic (exact) mass is 440 g/mol. The normalized spacial score (nSPS) is 15.6. The van der Waals surface area contributed by atoms with E-state index in [1.54, 1.807) is 4.90 Å². The second-order valence-corrected chi connectivity index (χ2v) is 8.45. The molecule has 0 saturated carbocycles. The Morgan fingerprint density at radius 1 is 1.07 bits per heavy atom. The first-order valence-corrected chi connectivity index (χ1v) is 10.4. The summed E-state index contributed by atoms with van der Waals surface area (Å²) in [4.78, 5) is 16.6. The predicted octanol–water partition coefficient (Wildman–Crippen LogP) is 2.74. The summed E-state index contributed by atoms with van der Waals surface area (Å²) in [5, 5.41) is 2.54. The van der Waals surface area contributed by atoms with Gasteiger partial charge in [-0.05, 0) is 42.5 Å². The van der Waals surface area contributed by atoms with Crippen LogP contribution in [0.2, 0.25) is 0 Å². The number of amides is 1. The molecule has 1 aliphatic heterocycles. The van der Waals surface area contributed by atoms with E-state index in [1.165, 1.54) is 34.6 Å². The number of nitrogens with one attached hydrogen (secondary N) is 1. The quantitative estimate of drug-likeness (QED) is 0.723. The number of benzene rings is 1. The van der Waals surface area contributed by atoms with Crippen molar-refractivity contribution in [1.29, 1.82) is 0 Å². The van der Waals surface area contributed by atoms with Gasteiger partial charge in [0.1, 0.15) is 5.69 Å². The van der Waals surface area contributed by atoms with Crippen LogP contribution in [-0.4, -0.2) is 49.8 Å². The molecule has 0 spiro atoms. The maximum Gasteiger partial charge on any atom is 0.433 e. The van der Waals surface area contributed by atoms with E-state index in [0.29, 0.717) is 24.5 Å². The van der Waals surface area contributed by atoms with Crippen LogP contribution in [0.3, 0.4) is 0 Å². The number of halogens is 3. The summed E-state index contributed by atoms with van der Waals surface area (Å²) < 4.78 is 64.9. The lowest BCUT2D eigenvalue weighted by atomic mass is 10.2. The van der Waals surface area contributed by atoms with Crippen molar-refractivity contribution in [3.63, 3.8) is 0 Å². The second kappa shape index (κ2) is 8.44. The fourth-order valence-electron chi connectivity index (χ4n) is 2.98. The number of sulfonamides is 1. The fraction of sp³-hybridized carbons (Fsp3) is 0.263. The Labute approximate surface area is 171 Å². The number of nitrogens with zero attached hydrogens (tertiary/aromatic N) is 3. The van der Waals surface area contributed by atoms with Crippen LogP contribution in [0.15, 0.2) is 60.1 Å². The Hall–Kier alpha value is -2.92. The van der Waals surface area contributed by atoms with Gasteiger partial charge in [0.15, 0.2) is 0 Å². The van der Waals surface area contributed by atoms with Gasteiger partial charge in [-0.2, -0.15) is 17.5 Å². The van der Waals surface area contributed by atoms with Gasteiger partial charge < -0.3 is 10.2 Å². The van der Waals surface area contributed by atoms with Crippen LogP contribution < -0.4 is 10.2 Å². The largest absolute Gasteiger partial charge is 0.433 e. The summed E-state index contributed by atoms with van der Waals surface area (Å²) in [6.07, 6.45) is -2.26. The van der Waals surface area contributed by atoms with Crippen molar-refractivity contribution in [3.05, 3.63) is 60.9 Å². The highest BCUT2D eigenvalue weighted by Crippen LogP contribution is 2.29. The number of alkyl halides is 3. The SMILES string of the molecule is C=CC(=O)Nc1ccc(S(=O)(=O)N2CCN(c3ccc(C(F)(F)F)nc3)CC2)cc1. The van der Waals surface area contributed by atoms with Crippen LogP contribution in [0.25, 0.3) is 0 Å². The molecule has 0 radical (unpaired) electrons. The van der Waals surface area contributed by atoms with Gasteiger partial charge in [-0.15, -0.1) is 0 Å². The number of aromatic nitrogens is 1. The molecular weight excluding hydrogens is 421 g/mol. The maximum absolute atomic E-state index is 12.8. The summed E-state index contributed by atoms with van der Waals surface area (Å²) in [7, 11) is -3.74. The Kier molecular flexibility index (Phi) is 6.13. The molecule has 11 heteroatoms. The minimum atomic E-state index is -4.50. The van der Waals surface area contributed by atoms with Crippen LogP contribution in [-0.2, 0) is 21.0 Å². The molecule has 160 valence electrons. The Morgan fingerprint density at radius 3 is 2.20 bits per heavy atom. The number of hydrogen-bond donors (Lipinski definition) is 1. The maximum atomic E-state index is 12.8. The van der Waals surface area contributed by atoms with Crippen molar-refractivity contribution < 1.29 is 26.4 Å². The molecule has 2 aromatic rings. The molecule has 1 N–H and O–H groups in total. The third kappa shape index (κ3) is 4.79. The zero-order chi connectivity index (χ0) is 21.9. The van der Waals surface area contributed by atoms with Gasteiger partial charge >= 0.3 is 6.18 Å². The molecule has 2 heterocycles. The third-order valence-electron chi connectivity index (χ3n) is 4.59. The zero-order valence-corrected chi connectivity index (χ0v) is 16.6. The van der Waals surface area contributed by atoms with Gasteiger partial charge in [0.2, 0.25) is 15.9 Å². The average Bonchev–Trinajstić information content (AvgIpc) is 2.73. The van der Waals surface area contributed by atoms with E-state index in [4.69, 9.17) is 0 Å². The van der Waals surface area contributed by atoms with Crippen molar-refractivity contribution in [2.75, 3.05) is 36.4 Å². The summed E-state index contributed by atoms with van der Waals surface area (Å²) in [5.41, 5.74) is -0.0268. The van der Waals surface area contributed by atoms with Crippen LogP contribution in [0.5, 0.6) is 0 Å². The van der Waals surface area contributed by atoms with Gasteiger partial charge in [-0.3, -0.25) is 4.79 Å². The number of hydrogen-bond acceptors (Lipinski definition) is 5. The van der Waals surface area contributed by atoms with E-state index >= 15 is 0 Å². The molecule has 1 amide bonds. The lowest BCUT2D eigenvalue weighted by Gasteiger charge is -2.35. The van der Waals surface area contributed by atoms with Crippen LogP contribution in [0, 0.1) is 0 Å². The summed E-state index contributed by atoms with van der Waals surface area (Å²) in [6.45, 7) is 4.34. The second-order valence-electron chi connectivity index (χ2n) is 6.51. The predicted molar refractivity (Wildman–Crippen MR) is 105 cm³/mol. The van der Waals surface area contributed by atoms with Gasteiger partial charge in [-0.1, -0.05) is 6.58 Å². The lowest BCUT2D eigenvalue weighted by Crippen LogP contribution is -2.48. The Balaban J connectivity index is 1.65. The van der Waals surface area contributed by atoms with Gasteiger partial charge in [0.05, 0.1) is 16.8 Å². The molecule has 30 heavy (non-hydrogen) atoms. The average molecular weight is 440 g/mol. The zero-order valence-electron chi connectivity index (χ0n) is 15.8. The lowest BCUT2D eigenvalue weighted by molar-refractivity contribution is -0.141. The highest BCUT2D eigenvalue weighted by Gasteiger charge is 2.33. The van der Waals surface area contributed by atoms with Gasteiger partial charge in [0.25, 0.3) is 0 Å². The molecule has 3 rings (SSSR count). The van der Waals surface area contributed by atoms with Gasteiger partial charge in [0, 0.05) is 31.9 Å². The molecular formula is C19H19F3N4O3S. The number of piperazine rings is 1. The molecule has 1 saturated heterocycles. The van der Waals surface area contributed by atoms with Crippen molar-refractivity contribution >= 4 is 27.3 Å². The summed E-state index contributed by atoms with van der Waals surface area (Å²) in [5.74, 6) is -0.403. The van der Waals surface area contributed by atoms with E-state index < -0.39 is 27.8 Å². The fourth-order valence-corrected chi connectivity index (χ4v) is 4.40. The van der Waals surface area contributed by atoms with Crippen molar-refractivity contribution in [2.45, 2.75) is 11.1 Å².